The molecule has 0 aliphatic carbocycles. The lowest BCUT2D eigenvalue weighted by Gasteiger charge is -2.04. The van der Waals surface area contributed by atoms with Gasteiger partial charge in [-0.25, -0.2) is 13.6 Å². The smallest absolute Gasteiger partial charge is 0.287 e. The van der Waals surface area contributed by atoms with Crippen LogP contribution in [0.15, 0.2) is 45.0 Å². The van der Waals surface area contributed by atoms with Crippen molar-refractivity contribution < 1.29 is 22.4 Å². The third-order valence-corrected chi connectivity index (χ3v) is 6.06. The highest BCUT2D eigenvalue weighted by atomic mass is 32.2. The maximum Gasteiger partial charge on any atom is 0.287 e. The van der Waals surface area contributed by atoms with Crippen LogP contribution in [0.4, 0.5) is 0 Å². The van der Waals surface area contributed by atoms with E-state index in [1.165, 1.54) is 6.07 Å². The fourth-order valence-corrected chi connectivity index (χ4v) is 4.14. The molecule has 0 spiro atoms. The minimum absolute atomic E-state index is 0.0561. The molecule has 0 aliphatic heterocycles. The zero-order valence-corrected chi connectivity index (χ0v) is 14.9. The van der Waals surface area contributed by atoms with Gasteiger partial charge in [-0.3, -0.25) is 4.79 Å². The number of rotatable bonds is 6. The number of thiophene rings is 1. The number of benzene rings is 1. The van der Waals surface area contributed by atoms with Crippen molar-refractivity contribution in [3.63, 3.8) is 0 Å². The van der Waals surface area contributed by atoms with Gasteiger partial charge in [0.2, 0.25) is 10.0 Å². The van der Waals surface area contributed by atoms with Crippen LogP contribution in [0.2, 0.25) is 0 Å². The number of sulfonamides is 1. The number of nitrogens with one attached hydrogen (secondary N) is 1. The highest BCUT2D eigenvalue weighted by molar-refractivity contribution is 7.91. The van der Waals surface area contributed by atoms with Crippen molar-refractivity contribution in [1.29, 1.82) is 0 Å². The lowest BCUT2D eigenvalue weighted by atomic mass is 10.1. The van der Waals surface area contributed by atoms with Crippen molar-refractivity contribution >= 4 is 38.2 Å². The van der Waals surface area contributed by atoms with E-state index in [-0.39, 0.29) is 23.1 Å². The Morgan fingerprint density at radius 2 is 2.04 bits per heavy atom. The topological polar surface area (TPSA) is 112 Å². The molecule has 0 atom stereocenters. The first kappa shape index (κ1) is 17.6. The molecule has 7 nitrogen and oxygen atoms in total. The van der Waals surface area contributed by atoms with E-state index in [0.717, 1.165) is 16.7 Å². The Bertz CT molecular complexity index is 1020. The Kier molecular flexibility index (Phi) is 4.91. The number of para-hydroxylation sites is 1. The minimum atomic E-state index is -3.73. The molecule has 0 aliphatic rings. The van der Waals surface area contributed by atoms with E-state index in [1.807, 2.05) is 18.2 Å². The Morgan fingerprint density at radius 1 is 1.28 bits per heavy atom. The highest BCUT2D eigenvalue weighted by Gasteiger charge is 2.20. The average Bonchev–Trinajstić information content (AvgIpc) is 3.18. The summed E-state index contributed by atoms with van der Waals surface area (Å²) >= 11 is 1.01. The number of carbonyl (C=O) groups excluding carboxylic acids is 1. The van der Waals surface area contributed by atoms with Gasteiger partial charge in [-0.2, -0.15) is 0 Å². The van der Waals surface area contributed by atoms with Gasteiger partial charge in [0.25, 0.3) is 5.91 Å². The molecular weight excluding hydrogens is 364 g/mol. The van der Waals surface area contributed by atoms with Crippen LogP contribution in [0.5, 0.6) is 0 Å². The van der Waals surface area contributed by atoms with Gasteiger partial charge in [0.05, 0.1) is 13.2 Å². The second-order valence-electron chi connectivity index (χ2n) is 5.29. The highest BCUT2D eigenvalue weighted by Crippen LogP contribution is 2.27. The molecule has 0 fully saturated rings. The summed E-state index contributed by atoms with van der Waals surface area (Å²) in [6.45, 7) is 0.414. The van der Waals surface area contributed by atoms with E-state index in [9.17, 15) is 13.2 Å². The van der Waals surface area contributed by atoms with E-state index < -0.39 is 15.9 Å². The molecule has 2 aromatic heterocycles. The van der Waals surface area contributed by atoms with Crippen molar-refractivity contribution in [2.24, 2.45) is 5.14 Å². The zero-order chi connectivity index (χ0) is 18.0. The lowest BCUT2D eigenvalue weighted by molar-refractivity contribution is 0.0919. The van der Waals surface area contributed by atoms with Crippen LogP contribution >= 0.6 is 11.3 Å². The number of nitrogens with two attached hydrogens (primary N) is 1. The molecule has 3 N–H and O–H groups in total. The monoisotopic (exact) mass is 380 g/mol. The number of ether oxygens (including phenoxy) is 1. The Hall–Kier alpha value is -2.20. The molecular formula is C16H16N2O5S2. The van der Waals surface area contributed by atoms with Crippen LogP contribution in [0.1, 0.15) is 21.0 Å². The summed E-state index contributed by atoms with van der Waals surface area (Å²) in [6, 6.07) is 10.4. The molecule has 1 aromatic carbocycles. The van der Waals surface area contributed by atoms with Crippen LogP contribution in [0.25, 0.3) is 11.0 Å². The van der Waals surface area contributed by atoms with Gasteiger partial charge in [-0.05, 0) is 18.2 Å². The minimum Gasteiger partial charge on any atom is -0.451 e. The standard InChI is InChI=1S/C16H16N2O5S2/c1-22-9-12-11-4-2-3-5-13(11)23-15(12)16(19)18-8-10-6-7-14(24-10)25(17,20)21/h2-7H,8-9H2,1H3,(H,18,19)(H2,17,20,21). The van der Waals surface area contributed by atoms with Crippen LogP contribution in [-0.2, 0) is 27.9 Å². The summed E-state index contributed by atoms with van der Waals surface area (Å²) in [7, 11) is -2.19. The van der Waals surface area contributed by atoms with Crippen LogP contribution in [0, 0.1) is 0 Å². The number of hydrogen-bond acceptors (Lipinski definition) is 6. The number of carbonyl (C=O) groups is 1. The Morgan fingerprint density at radius 3 is 2.72 bits per heavy atom. The van der Waals surface area contributed by atoms with E-state index >= 15 is 0 Å². The summed E-state index contributed by atoms with van der Waals surface area (Å²) < 4.78 is 33.5. The van der Waals surface area contributed by atoms with E-state index in [2.05, 4.69) is 5.32 Å². The second-order valence-corrected chi connectivity index (χ2v) is 8.24. The molecule has 0 unspecified atom stereocenters. The number of primary sulfonamides is 1. The van der Waals surface area contributed by atoms with Gasteiger partial charge in [0.15, 0.2) is 5.76 Å². The maximum atomic E-state index is 12.5. The summed E-state index contributed by atoms with van der Waals surface area (Å²) in [4.78, 5) is 13.2. The number of fused-ring (bicyclic) bond motifs is 1. The van der Waals surface area contributed by atoms with Gasteiger partial charge >= 0.3 is 0 Å². The first-order valence-electron chi connectivity index (χ1n) is 7.29. The van der Waals surface area contributed by atoms with Gasteiger partial charge in [0.1, 0.15) is 9.79 Å². The molecule has 3 aromatic rings. The fourth-order valence-electron chi connectivity index (χ4n) is 2.42. The summed E-state index contributed by atoms with van der Waals surface area (Å²) in [5.41, 5.74) is 1.28. The fraction of sp³-hybridized carbons (Fsp3) is 0.188. The average molecular weight is 380 g/mol. The normalized spacial score (nSPS) is 11.8. The predicted octanol–water partition coefficient (Wildman–Crippen LogP) is 2.22. The predicted molar refractivity (Wildman–Crippen MR) is 93.8 cm³/mol. The molecule has 0 saturated heterocycles. The number of methoxy groups -OCH3 is 1. The maximum absolute atomic E-state index is 12.5. The van der Waals surface area contributed by atoms with Gasteiger partial charge < -0.3 is 14.5 Å². The van der Waals surface area contributed by atoms with E-state index in [4.69, 9.17) is 14.3 Å². The molecule has 0 bridgehead atoms. The second kappa shape index (κ2) is 6.96. The van der Waals surface area contributed by atoms with Gasteiger partial charge in [-0.15, -0.1) is 11.3 Å². The molecule has 25 heavy (non-hydrogen) atoms. The van der Waals surface area contributed by atoms with Crippen LogP contribution in [0.3, 0.4) is 0 Å². The van der Waals surface area contributed by atoms with Crippen molar-refractivity contribution in [2.75, 3.05) is 7.11 Å². The molecule has 132 valence electrons. The van der Waals surface area contributed by atoms with Gasteiger partial charge in [-0.1, -0.05) is 18.2 Å². The van der Waals surface area contributed by atoms with Crippen molar-refractivity contribution in [2.45, 2.75) is 17.4 Å². The van der Waals surface area contributed by atoms with Crippen LogP contribution in [-0.4, -0.2) is 21.4 Å². The SMILES string of the molecule is COCc1c(C(=O)NCc2ccc(S(N)(=O)=O)s2)oc2ccccc12. The Balaban J connectivity index is 1.80. The van der Waals surface area contributed by atoms with Crippen LogP contribution < -0.4 is 10.5 Å². The summed E-state index contributed by atoms with van der Waals surface area (Å²) in [6.07, 6.45) is 0. The summed E-state index contributed by atoms with van der Waals surface area (Å²) in [5.74, 6) is -0.208. The van der Waals surface area contributed by atoms with Crippen molar-refractivity contribution in [1.82, 2.24) is 5.32 Å². The first-order valence-corrected chi connectivity index (χ1v) is 9.65. The molecule has 0 saturated carbocycles. The largest absolute Gasteiger partial charge is 0.451 e. The van der Waals surface area contributed by atoms with E-state index in [0.29, 0.717) is 16.0 Å². The lowest BCUT2D eigenvalue weighted by Crippen LogP contribution is -2.23. The molecule has 2 heterocycles. The third kappa shape index (κ3) is 3.74. The molecule has 9 heteroatoms. The van der Waals surface area contributed by atoms with Crippen molar-refractivity contribution in [3.8, 4) is 0 Å². The first-order chi connectivity index (χ1) is 11.9. The van der Waals surface area contributed by atoms with Crippen molar-refractivity contribution in [3.05, 3.63) is 52.6 Å². The molecule has 1 amide bonds. The quantitative estimate of drug-likeness (QED) is 0.681. The zero-order valence-electron chi connectivity index (χ0n) is 13.3. The number of hydrogen-bond donors (Lipinski definition) is 2. The van der Waals surface area contributed by atoms with E-state index in [1.54, 1.807) is 19.2 Å². The number of furan rings is 1. The molecule has 0 radical (unpaired) electrons. The number of amides is 1. The Labute approximate surface area is 148 Å². The third-order valence-electron chi connectivity index (χ3n) is 3.53. The molecule has 3 rings (SSSR count). The summed E-state index contributed by atoms with van der Waals surface area (Å²) in [5, 5.41) is 8.63. The van der Waals surface area contributed by atoms with Gasteiger partial charge in [0, 0.05) is 22.9 Å².